The van der Waals surface area contributed by atoms with Crippen molar-refractivity contribution in [3.8, 4) is 5.75 Å². The summed E-state index contributed by atoms with van der Waals surface area (Å²) in [5.74, 6) is 1.19. The van der Waals surface area contributed by atoms with Gasteiger partial charge in [-0.25, -0.2) is 4.98 Å². The fraction of sp³-hybridized carbons (Fsp3) is 0.235. The molecule has 4 nitrogen and oxygen atoms in total. The van der Waals surface area contributed by atoms with Gasteiger partial charge in [-0.3, -0.25) is 0 Å². The molecule has 0 amide bonds. The fourth-order valence-electron chi connectivity index (χ4n) is 2.17. The maximum Gasteiger partial charge on any atom is 0.179 e. The number of imidazole rings is 1. The zero-order valence-electron chi connectivity index (χ0n) is 12.3. The molecule has 0 aliphatic heterocycles. The molecule has 0 saturated carbocycles. The average molecular weight is 281 g/mol. The Balaban J connectivity index is 1.84. The summed E-state index contributed by atoms with van der Waals surface area (Å²) in [6, 6.07) is 11.6. The first-order valence-corrected chi connectivity index (χ1v) is 7.08. The standard InChI is InChI=1S/C17H19N3O/c1-12(2)15-10-20-9-3-4-16(17(20)19-15)21-11-13-5-7-14(18)8-6-13/h3-10,12H,11,18H2,1-2H3. The van der Waals surface area contributed by atoms with E-state index >= 15 is 0 Å². The molecule has 2 heterocycles. The van der Waals surface area contributed by atoms with Crippen LogP contribution < -0.4 is 10.5 Å². The average Bonchev–Trinajstić information content (AvgIpc) is 2.91. The van der Waals surface area contributed by atoms with Crippen molar-refractivity contribution in [3.63, 3.8) is 0 Å². The Kier molecular flexibility index (Phi) is 3.52. The van der Waals surface area contributed by atoms with E-state index < -0.39 is 0 Å². The summed E-state index contributed by atoms with van der Waals surface area (Å²) in [6.07, 6.45) is 4.04. The van der Waals surface area contributed by atoms with Gasteiger partial charge in [-0.05, 0) is 35.7 Å². The van der Waals surface area contributed by atoms with Gasteiger partial charge in [-0.2, -0.15) is 0 Å². The third kappa shape index (κ3) is 2.84. The molecular formula is C17H19N3O. The van der Waals surface area contributed by atoms with Crippen LogP contribution in [0.2, 0.25) is 0 Å². The number of nitrogens with zero attached hydrogens (tertiary/aromatic N) is 2. The van der Waals surface area contributed by atoms with Crippen molar-refractivity contribution >= 4 is 11.3 Å². The Morgan fingerprint density at radius 3 is 2.67 bits per heavy atom. The number of nitrogens with two attached hydrogens (primary N) is 1. The lowest BCUT2D eigenvalue weighted by molar-refractivity contribution is 0.308. The highest BCUT2D eigenvalue weighted by Crippen LogP contribution is 2.23. The Labute approximate surface area is 124 Å². The highest BCUT2D eigenvalue weighted by atomic mass is 16.5. The van der Waals surface area contributed by atoms with Crippen molar-refractivity contribution in [2.75, 3.05) is 5.73 Å². The molecule has 0 aliphatic carbocycles. The van der Waals surface area contributed by atoms with Crippen LogP contribution in [0.25, 0.3) is 5.65 Å². The molecule has 2 N–H and O–H groups in total. The lowest BCUT2D eigenvalue weighted by atomic mass is 10.2. The van der Waals surface area contributed by atoms with E-state index in [4.69, 9.17) is 10.5 Å². The van der Waals surface area contributed by atoms with Crippen molar-refractivity contribution < 1.29 is 4.74 Å². The summed E-state index contributed by atoms with van der Waals surface area (Å²) in [5, 5.41) is 0. The molecule has 0 unspecified atom stereocenters. The van der Waals surface area contributed by atoms with Crippen LogP contribution in [0.1, 0.15) is 31.0 Å². The van der Waals surface area contributed by atoms with Gasteiger partial charge in [-0.1, -0.05) is 26.0 Å². The number of anilines is 1. The molecule has 0 fully saturated rings. The molecule has 4 heteroatoms. The molecule has 3 aromatic rings. The summed E-state index contributed by atoms with van der Waals surface area (Å²) in [7, 11) is 0. The van der Waals surface area contributed by atoms with Gasteiger partial charge < -0.3 is 14.9 Å². The van der Waals surface area contributed by atoms with E-state index in [9.17, 15) is 0 Å². The van der Waals surface area contributed by atoms with Crippen molar-refractivity contribution in [2.45, 2.75) is 26.4 Å². The van der Waals surface area contributed by atoms with Crippen LogP contribution in [0.5, 0.6) is 5.75 Å². The van der Waals surface area contributed by atoms with Gasteiger partial charge in [0.2, 0.25) is 0 Å². The Morgan fingerprint density at radius 2 is 1.95 bits per heavy atom. The van der Waals surface area contributed by atoms with E-state index in [0.717, 1.165) is 28.3 Å². The predicted molar refractivity (Wildman–Crippen MR) is 84.5 cm³/mol. The van der Waals surface area contributed by atoms with Crippen LogP contribution in [0.4, 0.5) is 5.69 Å². The highest BCUT2D eigenvalue weighted by molar-refractivity contribution is 5.54. The molecule has 3 rings (SSSR count). The molecule has 108 valence electrons. The van der Waals surface area contributed by atoms with Crippen LogP contribution in [-0.2, 0) is 6.61 Å². The minimum atomic E-state index is 0.398. The number of nitrogen functional groups attached to an aromatic ring is 1. The van der Waals surface area contributed by atoms with Gasteiger partial charge in [-0.15, -0.1) is 0 Å². The molecule has 1 aromatic carbocycles. The first-order chi connectivity index (χ1) is 10.1. The second-order valence-corrected chi connectivity index (χ2v) is 5.45. The van der Waals surface area contributed by atoms with E-state index in [2.05, 4.69) is 25.0 Å². The summed E-state index contributed by atoms with van der Waals surface area (Å²) < 4.78 is 7.92. The Bertz CT molecular complexity index is 744. The summed E-state index contributed by atoms with van der Waals surface area (Å²) >= 11 is 0. The number of aromatic nitrogens is 2. The molecule has 0 spiro atoms. The highest BCUT2D eigenvalue weighted by Gasteiger charge is 2.09. The second-order valence-electron chi connectivity index (χ2n) is 5.45. The molecule has 0 saturated heterocycles. The van der Waals surface area contributed by atoms with E-state index in [0.29, 0.717) is 12.5 Å². The number of ether oxygens (including phenoxy) is 1. The van der Waals surface area contributed by atoms with Crippen LogP contribution in [0.3, 0.4) is 0 Å². The lowest BCUT2D eigenvalue weighted by Gasteiger charge is -2.07. The Hall–Kier alpha value is -2.49. The van der Waals surface area contributed by atoms with E-state index in [1.807, 2.05) is 47.0 Å². The van der Waals surface area contributed by atoms with Crippen LogP contribution in [0, 0.1) is 0 Å². The summed E-state index contributed by atoms with van der Waals surface area (Å²) in [4.78, 5) is 4.66. The van der Waals surface area contributed by atoms with Gasteiger partial charge in [0.25, 0.3) is 0 Å². The fourth-order valence-corrected chi connectivity index (χ4v) is 2.17. The number of hydrogen-bond acceptors (Lipinski definition) is 3. The Morgan fingerprint density at radius 1 is 1.19 bits per heavy atom. The van der Waals surface area contributed by atoms with Crippen LogP contribution in [0.15, 0.2) is 48.8 Å². The molecule has 0 atom stereocenters. The van der Waals surface area contributed by atoms with Crippen LogP contribution in [-0.4, -0.2) is 9.38 Å². The maximum atomic E-state index is 5.91. The van der Waals surface area contributed by atoms with Gasteiger partial charge in [0, 0.05) is 18.1 Å². The third-order valence-corrected chi connectivity index (χ3v) is 3.43. The van der Waals surface area contributed by atoms with Gasteiger partial charge >= 0.3 is 0 Å². The molecule has 2 aromatic heterocycles. The minimum absolute atomic E-state index is 0.398. The molecule has 0 aliphatic rings. The number of benzene rings is 1. The van der Waals surface area contributed by atoms with Crippen molar-refractivity contribution in [1.82, 2.24) is 9.38 Å². The van der Waals surface area contributed by atoms with Gasteiger partial charge in [0.1, 0.15) is 6.61 Å². The molecule has 0 bridgehead atoms. The summed E-state index contributed by atoms with van der Waals surface area (Å²) in [6.45, 7) is 4.77. The minimum Gasteiger partial charge on any atom is -0.485 e. The molecule has 21 heavy (non-hydrogen) atoms. The number of pyridine rings is 1. The number of hydrogen-bond donors (Lipinski definition) is 1. The molecular weight excluding hydrogens is 262 g/mol. The largest absolute Gasteiger partial charge is 0.485 e. The van der Waals surface area contributed by atoms with Crippen molar-refractivity contribution in [1.29, 1.82) is 0 Å². The SMILES string of the molecule is CC(C)c1cn2cccc(OCc3ccc(N)cc3)c2n1. The predicted octanol–water partition coefficient (Wildman–Crippen LogP) is 3.62. The smallest absolute Gasteiger partial charge is 0.179 e. The zero-order chi connectivity index (χ0) is 14.8. The van der Waals surface area contributed by atoms with E-state index in [-0.39, 0.29) is 0 Å². The zero-order valence-corrected chi connectivity index (χ0v) is 12.3. The molecule has 0 radical (unpaired) electrons. The van der Waals surface area contributed by atoms with Crippen molar-refractivity contribution in [3.05, 3.63) is 60.0 Å². The first-order valence-electron chi connectivity index (χ1n) is 7.08. The second kappa shape index (κ2) is 5.48. The van der Waals surface area contributed by atoms with Crippen LogP contribution >= 0.6 is 0 Å². The first kappa shape index (κ1) is 13.5. The number of rotatable bonds is 4. The van der Waals surface area contributed by atoms with Crippen molar-refractivity contribution in [2.24, 2.45) is 0 Å². The third-order valence-electron chi connectivity index (χ3n) is 3.43. The lowest BCUT2D eigenvalue weighted by Crippen LogP contribution is -1.98. The van der Waals surface area contributed by atoms with E-state index in [1.165, 1.54) is 0 Å². The normalized spacial score (nSPS) is 11.2. The topological polar surface area (TPSA) is 52.5 Å². The summed E-state index contributed by atoms with van der Waals surface area (Å²) in [5.41, 5.74) is 9.46. The van der Waals surface area contributed by atoms with E-state index in [1.54, 1.807) is 0 Å². The maximum absolute atomic E-state index is 5.91. The van der Waals surface area contributed by atoms with Gasteiger partial charge in [0.05, 0.1) is 5.69 Å². The van der Waals surface area contributed by atoms with Gasteiger partial charge in [0.15, 0.2) is 11.4 Å². The quantitative estimate of drug-likeness (QED) is 0.743. The number of fused-ring (bicyclic) bond motifs is 1. The monoisotopic (exact) mass is 281 g/mol.